The molecule has 3 aromatic rings. The third kappa shape index (κ3) is 4.72. The van der Waals surface area contributed by atoms with Crippen LogP contribution in [0.1, 0.15) is 49.8 Å². The number of amides is 2. The Kier molecular flexibility index (Phi) is 6.68. The van der Waals surface area contributed by atoms with E-state index in [-0.39, 0.29) is 18.4 Å². The van der Waals surface area contributed by atoms with Gasteiger partial charge in [-0.15, -0.1) is 0 Å². The van der Waals surface area contributed by atoms with E-state index < -0.39 is 6.04 Å². The lowest BCUT2D eigenvalue weighted by molar-refractivity contribution is -0.123. The van der Waals surface area contributed by atoms with E-state index >= 15 is 0 Å². The number of benzene rings is 3. The van der Waals surface area contributed by atoms with Crippen molar-refractivity contribution in [1.29, 1.82) is 0 Å². The summed E-state index contributed by atoms with van der Waals surface area (Å²) >= 11 is 0. The van der Waals surface area contributed by atoms with Gasteiger partial charge in [-0.2, -0.15) is 0 Å². The predicted molar refractivity (Wildman–Crippen MR) is 134 cm³/mol. The molecule has 1 atom stereocenters. The lowest BCUT2D eigenvalue weighted by atomic mass is 9.99. The summed E-state index contributed by atoms with van der Waals surface area (Å²) in [7, 11) is 0. The second-order valence-corrected chi connectivity index (χ2v) is 8.50. The number of aliphatic imine (C=N–C) groups is 1. The molecule has 5 nitrogen and oxygen atoms in total. The van der Waals surface area contributed by atoms with Gasteiger partial charge >= 0.3 is 0 Å². The highest BCUT2D eigenvalue weighted by Crippen LogP contribution is 2.30. The van der Waals surface area contributed by atoms with Crippen LogP contribution in [-0.4, -0.2) is 30.1 Å². The van der Waals surface area contributed by atoms with Crippen molar-refractivity contribution < 1.29 is 9.59 Å². The van der Waals surface area contributed by atoms with E-state index in [1.54, 1.807) is 4.90 Å². The first-order valence-corrected chi connectivity index (χ1v) is 11.4. The SMILES string of the molecule is CC[C@@H](C(=O)Nc1ccc(C(C)C)cc1)N1C(=O)CN=C(c2ccccc2)c2ccccc21. The zero-order valence-corrected chi connectivity index (χ0v) is 19.3. The molecule has 0 bridgehead atoms. The molecule has 1 aliphatic rings. The minimum Gasteiger partial charge on any atom is -0.324 e. The van der Waals surface area contributed by atoms with Crippen molar-refractivity contribution in [2.45, 2.75) is 39.2 Å². The molecule has 0 saturated carbocycles. The van der Waals surface area contributed by atoms with Crippen LogP contribution in [0.3, 0.4) is 0 Å². The van der Waals surface area contributed by atoms with Crippen molar-refractivity contribution in [1.82, 2.24) is 0 Å². The van der Waals surface area contributed by atoms with Gasteiger partial charge in [0.15, 0.2) is 0 Å². The second-order valence-electron chi connectivity index (χ2n) is 8.50. The lowest BCUT2D eigenvalue weighted by Gasteiger charge is -2.30. The summed E-state index contributed by atoms with van der Waals surface area (Å²) in [6, 6.07) is 24.7. The van der Waals surface area contributed by atoms with Gasteiger partial charge in [-0.3, -0.25) is 19.5 Å². The van der Waals surface area contributed by atoms with Gasteiger partial charge in [0.1, 0.15) is 12.6 Å². The van der Waals surface area contributed by atoms with Crippen LogP contribution in [0.2, 0.25) is 0 Å². The highest BCUT2D eigenvalue weighted by Gasteiger charge is 2.33. The monoisotopic (exact) mass is 439 g/mol. The summed E-state index contributed by atoms with van der Waals surface area (Å²) in [6.07, 6.45) is 0.483. The number of nitrogens with one attached hydrogen (secondary N) is 1. The molecule has 0 radical (unpaired) electrons. The fourth-order valence-electron chi connectivity index (χ4n) is 4.17. The maximum Gasteiger partial charge on any atom is 0.249 e. The predicted octanol–water partition coefficient (Wildman–Crippen LogP) is 5.41. The molecule has 0 fully saturated rings. The molecule has 0 spiro atoms. The maximum atomic E-state index is 13.3. The van der Waals surface area contributed by atoms with Gasteiger partial charge in [-0.1, -0.05) is 81.4 Å². The Morgan fingerprint density at radius 3 is 2.30 bits per heavy atom. The number of rotatable bonds is 6. The Bertz CT molecular complexity index is 1170. The fourth-order valence-corrected chi connectivity index (χ4v) is 4.17. The summed E-state index contributed by atoms with van der Waals surface area (Å²) in [5, 5.41) is 3.00. The number of anilines is 2. The average molecular weight is 440 g/mol. The molecule has 0 unspecified atom stereocenters. The van der Waals surface area contributed by atoms with E-state index in [1.807, 2.05) is 85.8 Å². The molecule has 4 rings (SSSR count). The van der Waals surface area contributed by atoms with Gasteiger partial charge < -0.3 is 5.32 Å². The van der Waals surface area contributed by atoms with Crippen molar-refractivity contribution in [2.24, 2.45) is 4.99 Å². The molecule has 1 heterocycles. The highest BCUT2D eigenvalue weighted by molar-refractivity contribution is 6.20. The molecular weight excluding hydrogens is 410 g/mol. The Morgan fingerprint density at radius 1 is 0.970 bits per heavy atom. The number of nitrogens with zero attached hydrogens (tertiary/aromatic N) is 2. The first-order chi connectivity index (χ1) is 16.0. The fraction of sp³-hybridized carbons (Fsp3) is 0.250. The van der Waals surface area contributed by atoms with E-state index in [2.05, 4.69) is 24.2 Å². The van der Waals surface area contributed by atoms with Crippen LogP contribution in [0.5, 0.6) is 0 Å². The summed E-state index contributed by atoms with van der Waals surface area (Å²) in [4.78, 5) is 32.9. The number of fused-ring (bicyclic) bond motifs is 1. The Labute approximate surface area is 195 Å². The third-order valence-corrected chi connectivity index (χ3v) is 5.95. The standard InChI is InChI=1S/C28H29N3O2/c1-4-24(28(33)30-22-16-14-20(15-17-22)19(2)3)31-25-13-9-8-12-23(25)27(29-18-26(31)32)21-10-6-5-7-11-21/h5-17,19,24H,4,18H2,1-3H3,(H,30,33)/t24-/m0/s1. The van der Waals surface area contributed by atoms with Crippen molar-refractivity contribution >= 4 is 28.9 Å². The third-order valence-electron chi connectivity index (χ3n) is 5.95. The van der Waals surface area contributed by atoms with Crippen LogP contribution in [-0.2, 0) is 9.59 Å². The van der Waals surface area contributed by atoms with Crippen LogP contribution in [0.25, 0.3) is 0 Å². The average Bonchev–Trinajstić information content (AvgIpc) is 2.97. The van der Waals surface area contributed by atoms with Gasteiger partial charge in [0.2, 0.25) is 11.8 Å². The molecule has 1 N–H and O–H groups in total. The van der Waals surface area contributed by atoms with Crippen LogP contribution < -0.4 is 10.2 Å². The quantitative estimate of drug-likeness (QED) is 0.558. The summed E-state index contributed by atoms with van der Waals surface area (Å²) in [5.41, 5.74) is 5.20. The molecule has 1 aliphatic heterocycles. The number of para-hydroxylation sites is 1. The maximum absolute atomic E-state index is 13.3. The van der Waals surface area contributed by atoms with Crippen LogP contribution in [0, 0.1) is 0 Å². The van der Waals surface area contributed by atoms with Gasteiger partial charge in [0, 0.05) is 16.8 Å². The molecule has 33 heavy (non-hydrogen) atoms. The van der Waals surface area contributed by atoms with E-state index in [0.717, 1.165) is 22.5 Å². The molecule has 168 valence electrons. The minimum atomic E-state index is -0.645. The highest BCUT2D eigenvalue weighted by atomic mass is 16.2. The molecular formula is C28H29N3O2. The first-order valence-electron chi connectivity index (χ1n) is 11.4. The molecule has 0 aromatic heterocycles. The zero-order chi connectivity index (χ0) is 23.4. The molecule has 3 aromatic carbocycles. The van der Waals surface area contributed by atoms with E-state index in [1.165, 1.54) is 5.56 Å². The smallest absolute Gasteiger partial charge is 0.249 e. The molecule has 2 amide bonds. The largest absolute Gasteiger partial charge is 0.324 e. The molecule has 0 saturated heterocycles. The normalized spacial score (nSPS) is 14.4. The van der Waals surface area contributed by atoms with Gasteiger partial charge in [0.25, 0.3) is 0 Å². The minimum absolute atomic E-state index is 0.00816. The van der Waals surface area contributed by atoms with Crippen molar-refractivity contribution in [3.63, 3.8) is 0 Å². The van der Waals surface area contributed by atoms with Crippen molar-refractivity contribution in [3.8, 4) is 0 Å². The van der Waals surface area contributed by atoms with Gasteiger partial charge in [-0.25, -0.2) is 0 Å². The van der Waals surface area contributed by atoms with Gasteiger partial charge in [-0.05, 0) is 36.1 Å². The zero-order valence-electron chi connectivity index (χ0n) is 19.3. The van der Waals surface area contributed by atoms with E-state index in [4.69, 9.17) is 0 Å². The Hall–Kier alpha value is -3.73. The van der Waals surface area contributed by atoms with Crippen LogP contribution in [0.4, 0.5) is 11.4 Å². The topological polar surface area (TPSA) is 61.8 Å². The van der Waals surface area contributed by atoms with Crippen LogP contribution >= 0.6 is 0 Å². The summed E-state index contributed by atoms with van der Waals surface area (Å²) in [6.45, 7) is 6.18. The number of benzodiazepines with no additional fused rings is 1. The Balaban J connectivity index is 1.67. The van der Waals surface area contributed by atoms with Crippen LogP contribution in [0.15, 0.2) is 83.9 Å². The summed E-state index contributed by atoms with van der Waals surface area (Å²) < 4.78 is 0. The Morgan fingerprint density at radius 2 is 1.64 bits per heavy atom. The molecule has 5 heteroatoms. The molecule has 0 aliphatic carbocycles. The summed E-state index contributed by atoms with van der Waals surface area (Å²) in [5.74, 6) is 0.0230. The van der Waals surface area contributed by atoms with Gasteiger partial charge in [0.05, 0.1) is 11.4 Å². The number of hydrogen-bond donors (Lipinski definition) is 1. The number of carbonyl (C=O) groups is 2. The van der Waals surface area contributed by atoms with E-state index in [9.17, 15) is 9.59 Å². The lowest BCUT2D eigenvalue weighted by Crippen LogP contribution is -2.48. The number of carbonyl (C=O) groups excluding carboxylic acids is 2. The van der Waals surface area contributed by atoms with Crippen molar-refractivity contribution in [2.75, 3.05) is 16.8 Å². The number of hydrogen-bond acceptors (Lipinski definition) is 3. The van der Waals surface area contributed by atoms with Crippen molar-refractivity contribution in [3.05, 3.63) is 95.6 Å². The second kappa shape index (κ2) is 9.82. The van der Waals surface area contributed by atoms with E-state index in [0.29, 0.717) is 18.0 Å². The first kappa shape index (κ1) is 22.5.